The van der Waals surface area contributed by atoms with Gasteiger partial charge in [-0.2, -0.15) is 0 Å². The molecule has 3 fully saturated rings. The van der Waals surface area contributed by atoms with E-state index in [0.717, 1.165) is 17.3 Å². The second-order valence-corrected chi connectivity index (χ2v) is 9.30. The molecule has 3 heterocycles. The van der Waals surface area contributed by atoms with Gasteiger partial charge in [0.05, 0.1) is 10.9 Å². The van der Waals surface area contributed by atoms with Crippen molar-refractivity contribution >= 4 is 27.3 Å². The van der Waals surface area contributed by atoms with Crippen LogP contribution >= 0.6 is 11.3 Å². The lowest BCUT2D eigenvalue weighted by molar-refractivity contribution is 0.0839. The highest BCUT2D eigenvalue weighted by Crippen LogP contribution is 2.45. The molecule has 1 saturated carbocycles. The molecule has 3 aliphatic rings. The number of fused-ring (bicyclic) bond motifs is 3. The smallest absolute Gasteiger partial charge is 0.261 e. The molecule has 0 spiro atoms. The first-order valence-corrected chi connectivity index (χ1v) is 9.94. The second kappa shape index (κ2) is 5.06. The normalized spacial score (nSPS) is 30.8. The summed E-state index contributed by atoms with van der Waals surface area (Å²) in [6, 6.07) is 8.87. The zero-order valence-corrected chi connectivity index (χ0v) is 15.2. The van der Waals surface area contributed by atoms with Crippen molar-refractivity contribution in [1.29, 1.82) is 0 Å². The van der Waals surface area contributed by atoms with Gasteiger partial charge in [0.25, 0.3) is 5.91 Å². The van der Waals surface area contributed by atoms with Crippen LogP contribution in [0.4, 0.5) is 0 Å². The number of carbonyl (C=O) groups excluding carboxylic acids is 1. The largest absolute Gasteiger partial charge is 0.346 e. The predicted octanol–water partition coefficient (Wildman–Crippen LogP) is 3.99. The number of thiophene rings is 1. The standard InChI is InChI=1S/C20H24N2OS/c1-20(2)18(14-8-9-22(20)11-14)21-19(23)16-10-13-4-3-5-15(12-6-7-12)17(13)24-16/h3-5,10,12,14,18H,6-9,11H2,1-2H3,(H,21,23)/t14?,18-/m1/s1. The highest BCUT2D eigenvalue weighted by Gasteiger charge is 2.51. The third-order valence-corrected chi connectivity index (χ3v) is 7.57. The molecule has 2 aromatic rings. The Kier molecular flexibility index (Phi) is 3.14. The number of nitrogens with one attached hydrogen (secondary N) is 1. The molecule has 3 atom stereocenters. The molecule has 2 saturated heterocycles. The molecule has 2 aliphatic heterocycles. The molecule has 24 heavy (non-hydrogen) atoms. The Balaban J connectivity index is 1.43. The maximum absolute atomic E-state index is 12.9. The monoisotopic (exact) mass is 340 g/mol. The van der Waals surface area contributed by atoms with Gasteiger partial charge in [-0.15, -0.1) is 11.3 Å². The molecule has 3 nitrogen and oxygen atoms in total. The van der Waals surface area contributed by atoms with Crippen molar-refractivity contribution in [3.8, 4) is 0 Å². The quantitative estimate of drug-likeness (QED) is 0.916. The van der Waals surface area contributed by atoms with Crippen LogP contribution in [-0.4, -0.2) is 35.5 Å². The minimum absolute atomic E-state index is 0.0778. The van der Waals surface area contributed by atoms with Crippen molar-refractivity contribution in [1.82, 2.24) is 10.2 Å². The summed E-state index contributed by atoms with van der Waals surface area (Å²) in [4.78, 5) is 16.3. The summed E-state index contributed by atoms with van der Waals surface area (Å²) < 4.78 is 1.32. The van der Waals surface area contributed by atoms with Gasteiger partial charge in [0, 0.05) is 16.8 Å². The van der Waals surface area contributed by atoms with E-state index in [4.69, 9.17) is 0 Å². The first-order chi connectivity index (χ1) is 11.5. The van der Waals surface area contributed by atoms with Crippen LogP contribution in [0.3, 0.4) is 0 Å². The Morgan fingerprint density at radius 3 is 2.83 bits per heavy atom. The lowest BCUT2D eigenvalue weighted by atomic mass is 9.85. The number of nitrogens with zero attached hydrogens (tertiary/aromatic N) is 1. The highest BCUT2D eigenvalue weighted by atomic mass is 32.1. The molecule has 2 bridgehead atoms. The van der Waals surface area contributed by atoms with Crippen LogP contribution < -0.4 is 5.32 Å². The van der Waals surface area contributed by atoms with Gasteiger partial charge in [-0.1, -0.05) is 18.2 Å². The topological polar surface area (TPSA) is 32.3 Å². The van der Waals surface area contributed by atoms with Crippen molar-refractivity contribution in [2.24, 2.45) is 5.92 Å². The number of benzene rings is 1. The summed E-state index contributed by atoms with van der Waals surface area (Å²) in [6.45, 7) is 6.86. The number of piperidine rings is 1. The summed E-state index contributed by atoms with van der Waals surface area (Å²) in [6.07, 6.45) is 3.81. The van der Waals surface area contributed by atoms with E-state index in [2.05, 4.69) is 48.3 Å². The van der Waals surface area contributed by atoms with E-state index in [-0.39, 0.29) is 17.5 Å². The van der Waals surface area contributed by atoms with Crippen molar-refractivity contribution in [3.63, 3.8) is 0 Å². The number of hydrogen-bond donors (Lipinski definition) is 1. The molecular weight excluding hydrogens is 316 g/mol. The first-order valence-electron chi connectivity index (χ1n) is 9.12. The van der Waals surface area contributed by atoms with Gasteiger partial charge in [-0.25, -0.2) is 0 Å². The Morgan fingerprint density at radius 2 is 2.12 bits per heavy atom. The lowest BCUT2D eigenvalue weighted by Crippen LogP contribution is -2.56. The lowest BCUT2D eigenvalue weighted by Gasteiger charge is -2.40. The first kappa shape index (κ1) is 14.9. The number of carbonyl (C=O) groups is 1. The average Bonchev–Trinajstić information content (AvgIpc) is 3.04. The van der Waals surface area contributed by atoms with E-state index in [9.17, 15) is 4.79 Å². The van der Waals surface area contributed by atoms with Crippen molar-refractivity contribution in [2.75, 3.05) is 13.1 Å². The average molecular weight is 340 g/mol. The molecule has 1 amide bonds. The van der Waals surface area contributed by atoms with E-state index in [1.165, 1.54) is 41.5 Å². The van der Waals surface area contributed by atoms with Gasteiger partial charge in [0.15, 0.2) is 0 Å². The Bertz CT molecular complexity index is 820. The number of amides is 1. The van der Waals surface area contributed by atoms with Crippen LogP contribution in [-0.2, 0) is 0 Å². The highest BCUT2D eigenvalue weighted by molar-refractivity contribution is 7.21. The van der Waals surface area contributed by atoms with Crippen LogP contribution in [0.1, 0.15) is 54.3 Å². The predicted molar refractivity (Wildman–Crippen MR) is 98.8 cm³/mol. The molecule has 0 radical (unpaired) electrons. The molecule has 2 unspecified atom stereocenters. The van der Waals surface area contributed by atoms with E-state index >= 15 is 0 Å². The van der Waals surface area contributed by atoms with Crippen molar-refractivity contribution in [2.45, 2.75) is 50.6 Å². The zero-order valence-electron chi connectivity index (χ0n) is 14.3. The SMILES string of the molecule is CC1(C)[C@H](NC(=O)c2cc3cccc(C4CC4)c3s2)C2CCN1C2. The van der Waals surface area contributed by atoms with Crippen molar-refractivity contribution < 1.29 is 4.79 Å². The summed E-state index contributed by atoms with van der Waals surface area (Å²) >= 11 is 1.68. The summed E-state index contributed by atoms with van der Waals surface area (Å²) in [5.41, 5.74) is 1.52. The Hall–Kier alpha value is -1.39. The van der Waals surface area contributed by atoms with E-state index in [0.29, 0.717) is 5.92 Å². The van der Waals surface area contributed by atoms with Gasteiger partial charge in [0.2, 0.25) is 0 Å². The molecule has 1 aromatic heterocycles. The van der Waals surface area contributed by atoms with E-state index in [1.807, 2.05) is 0 Å². The van der Waals surface area contributed by atoms with Gasteiger partial charge >= 0.3 is 0 Å². The molecule has 1 aliphatic carbocycles. The molecule has 1 aromatic carbocycles. The van der Waals surface area contributed by atoms with Crippen LogP contribution in [0, 0.1) is 5.92 Å². The van der Waals surface area contributed by atoms with E-state index < -0.39 is 0 Å². The Labute approximate surface area is 147 Å². The van der Waals surface area contributed by atoms with Crippen LogP contribution in [0.2, 0.25) is 0 Å². The van der Waals surface area contributed by atoms with Gasteiger partial charge < -0.3 is 5.32 Å². The molecule has 126 valence electrons. The minimum Gasteiger partial charge on any atom is -0.346 e. The van der Waals surface area contributed by atoms with Crippen molar-refractivity contribution in [3.05, 3.63) is 34.7 Å². The maximum atomic E-state index is 12.9. The summed E-state index contributed by atoms with van der Waals surface area (Å²) in [5, 5.41) is 4.60. The van der Waals surface area contributed by atoms with Crippen LogP contribution in [0.25, 0.3) is 10.1 Å². The second-order valence-electron chi connectivity index (χ2n) is 8.25. The zero-order chi connectivity index (χ0) is 16.5. The number of hydrogen-bond acceptors (Lipinski definition) is 3. The minimum atomic E-state index is 0.0778. The Morgan fingerprint density at radius 1 is 1.29 bits per heavy atom. The van der Waals surface area contributed by atoms with Gasteiger partial charge in [-0.3, -0.25) is 9.69 Å². The summed E-state index contributed by atoms with van der Waals surface area (Å²) in [5.74, 6) is 1.45. The maximum Gasteiger partial charge on any atom is 0.261 e. The molecule has 1 N–H and O–H groups in total. The van der Waals surface area contributed by atoms with E-state index in [1.54, 1.807) is 11.3 Å². The summed E-state index contributed by atoms with van der Waals surface area (Å²) in [7, 11) is 0. The fourth-order valence-electron chi connectivity index (χ4n) is 4.78. The molecule has 5 rings (SSSR count). The fourth-order valence-corrected chi connectivity index (χ4v) is 5.93. The third-order valence-electron chi connectivity index (χ3n) is 6.37. The van der Waals surface area contributed by atoms with Gasteiger partial charge in [-0.05, 0) is 68.5 Å². The van der Waals surface area contributed by atoms with Crippen LogP contribution in [0.5, 0.6) is 0 Å². The van der Waals surface area contributed by atoms with Crippen LogP contribution in [0.15, 0.2) is 24.3 Å². The number of rotatable bonds is 3. The third kappa shape index (κ3) is 2.16. The van der Waals surface area contributed by atoms with Gasteiger partial charge in [0.1, 0.15) is 0 Å². The molecular formula is C20H24N2OS. The fraction of sp³-hybridized carbons (Fsp3) is 0.550. The molecule has 4 heteroatoms.